The van der Waals surface area contributed by atoms with Gasteiger partial charge in [0.05, 0.1) is 11.4 Å². The molecule has 1 aliphatic carbocycles. The van der Waals surface area contributed by atoms with Gasteiger partial charge >= 0.3 is 0 Å². The summed E-state index contributed by atoms with van der Waals surface area (Å²) in [5, 5.41) is 7.68. The standard InChI is InChI=1S/C22H29N3O2/c1-6-14(2)23-21(26)20-15(3)19-17(12-22(4,5)13-18(19)27-20)25-24-16-10-8-7-9-11-16/h7-11,14,24H,6,12-13H2,1-5H3,(H,23,26)/b25-17-. The van der Waals surface area contributed by atoms with Gasteiger partial charge in [-0.25, -0.2) is 0 Å². The molecule has 3 rings (SSSR count). The average molecular weight is 367 g/mol. The summed E-state index contributed by atoms with van der Waals surface area (Å²) in [6.07, 6.45) is 2.50. The van der Waals surface area contributed by atoms with Crippen molar-refractivity contribution in [1.82, 2.24) is 5.32 Å². The molecule has 0 bridgehead atoms. The van der Waals surface area contributed by atoms with Gasteiger partial charge in [0.25, 0.3) is 5.91 Å². The molecule has 5 heteroatoms. The summed E-state index contributed by atoms with van der Waals surface area (Å²) in [4.78, 5) is 12.6. The molecule has 27 heavy (non-hydrogen) atoms. The van der Waals surface area contributed by atoms with E-state index in [4.69, 9.17) is 4.42 Å². The first-order chi connectivity index (χ1) is 12.8. The van der Waals surface area contributed by atoms with E-state index in [1.165, 1.54) is 0 Å². The molecule has 1 atom stereocenters. The van der Waals surface area contributed by atoms with E-state index in [2.05, 4.69) is 29.7 Å². The van der Waals surface area contributed by atoms with Crippen LogP contribution in [0.2, 0.25) is 0 Å². The maximum absolute atomic E-state index is 12.6. The Hall–Kier alpha value is -2.56. The van der Waals surface area contributed by atoms with Crippen LogP contribution in [0, 0.1) is 12.3 Å². The van der Waals surface area contributed by atoms with Gasteiger partial charge in [0, 0.05) is 23.6 Å². The van der Waals surface area contributed by atoms with Crippen molar-refractivity contribution in [3.8, 4) is 0 Å². The van der Waals surface area contributed by atoms with Crippen molar-refractivity contribution in [2.45, 2.75) is 59.9 Å². The summed E-state index contributed by atoms with van der Waals surface area (Å²) in [5.41, 5.74) is 6.90. The Labute approximate surface area is 161 Å². The van der Waals surface area contributed by atoms with Crippen LogP contribution in [0.1, 0.15) is 68.0 Å². The van der Waals surface area contributed by atoms with Crippen molar-refractivity contribution in [3.63, 3.8) is 0 Å². The van der Waals surface area contributed by atoms with Crippen LogP contribution in [0.5, 0.6) is 0 Å². The number of para-hydroxylation sites is 1. The molecule has 5 nitrogen and oxygen atoms in total. The number of amides is 1. The largest absolute Gasteiger partial charge is 0.455 e. The minimum absolute atomic E-state index is 0.0267. The quantitative estimate of drug-likeness (QED) is 0.738. The van der Waals surface area contributed by atoms with E-state index in [1.54, 1.807) is 0 Å². The minimum Gasteiger partial charge on any atom is -0.455 e. The van der Waals surface area contributed by atoms with E-state index in [1.807, 2.05) is 51.1 Å². The highest BCUT2D eigenvalue weighted by Crippen LogP contribution is 2.39. The van der Waals surface area contributed by atoms with E-state index in [-0.39, 0.29) is 17.4 Å². The number of hydrogen-bond acceptors (Lipinski definition) is 4. The number of hydrazone groups is 1. The molecule has 0 radical (unpaired) electrons. The summed E-state index contributed by atoms with van der Waals surface area (Å²) in [6, 6.07) is 9.99. The Bertz CT molecular complexity index is 850. The number of carbonyl (C=O) groups excluding carboxylic acids is 1. The monoisotopic (exact) mass is 367 g/mol. The molecule has 1 unspecified atom stereocenters. The van der Waals surface area contributed by atoms with E-state index >= 15 is 0 Å². The lowest BCUT2D eigenvalue weighted by Gasteiger charge is -2.29. The molecule has 1 aliphatic rings. The molecule has 1 aromatic heterocycles. The maximum Gasteiger partial charge on any atom is 0.287 e. The molecule has 1 amide bonds. The zero-order valence-corrected chi connectivity index (χ0v) is 16.8. The molecule has 1 heterocycles. The van der Waals surface area contributed by atoms with Gasteiger partial charge in [-0.2, -0.15) is 5.10 Å². The highest BCUT2D eigenvalue weighted by atomic mass is 16.4. The molecule has 2 N–H and O–H groups in total. The van der Waals surface area contributed by atoms with E-state index < -0.39 is 0 Å². The Morgan fingerprint density at radius 3 is 2.63 bits per heavy atom. The van der Waals surface area contributed by atoms with Crippen molar-refractivity contribution >= 4 is 17.3 Å². The highest BCUT2D eigenvalue weighted by molar-refractivity contribution is 6.07. The Kier molecular flexibility index (Phi) is 5.40. The fourth-order valence-corrected chi connectivity index (χ4v) is 3.46. The van der Waals surface area contributed by atoms with Crippen LogP contribution in [0.3, 0.4) is 0 Å². The summed E-state index contributed by atoms with van der Waals surface area (Å²) in [6.45, 7) is 10.4. The van der Waals surface area contributed by atoms with Crippen LogP contribution in [-0.4, -0.2) is 17.7 Å². The number of nitrogens with zero attached hydrogens (tertiary/aromatic N) is 1. The van der Waals surface area contributed by atoms with Gasteiger partial charge in [0.1, 0.15) is 5.76 Å². The fraction of sp³-hybridized carbons (Fsp3) is 0.455. The Morgan fingerprint density at radius 2 is 1.96 bits per heavy atom. The predicted octanol–water partition coefficient (Wildman–Crippen LogP) is 4.90. The van der Waals surface area contributed by atoms with Crippen molar-refractivity contribution in [1.29, 1.82) is 0 Å². The van der Waals surface area contributed by atoms with E-state index in [0.717, 1.165) is 47.5 Å². The van der Waals surface area contributed by atoms with Crippen LogP contribution < -0.4 is 10.7 Å². The summed E-state index contributed by atoms with van der Waals surface area (Å²) >= 11 is 0. The van der Waals surface area contributed by atoms with E-state index in [9.17, 15) is 4.79 Å². The van der Waals surface area contributed by atoms with Crippen LogP contribution in [0.15, 0.2) is 39.9 Å². The number of rotatable bonds is 5. The van der Waals surface area contributed by atoms with Crippen LogP contribution in [-0.2, 0) is 6.42 Å². The van der Waals surface area contributed by atoms with Crippen LogP contribution >= 0.6 is 0 Å². The van der Waals surface area contributed by atoms with Crippen LogP contribution in [0.25, 0.3) is 0 Å². The summed E-state index contributed by atoms with van der Waals surface area (Å²) < 4.78 is 6.04. The molecule has 0 saturated carbocycles. The zero-order valence-electron chi connectivity index (χ0n) is 16.8. The van der Waals surface area contributed by atoms with Crippen LogP contribution in [0.4, 0.5) is 5.69 Å². The predicted molar refractivity (Wildman–Crippen MR) is 109 cm³/mol. The lowest BCUT2D eigenvalue weighted by Crippen LogP contribution is -2.32. The smallest absolute Gasteiger partial charge is 0.287 e. The first-order valence-corrected chi connectivity index (χ1v) is 9.62. The number of hydrogen-bond donors (Lipinski definition) is 2. The lowest BCUT2D eigenvalue weighted by molar-refractivity contribution is 0.0907. The molecule has 0 spiro atoms. The fourth-order valence-electron chi connectivity index (χ4n) is 3.46. The first-order valence-electron chi connectivity index (χ1n) is 9.62. The third-order valence-electron chi connectivity index (χ3n) is 5.08. The highest BCUT2D eigenvalue weighted by Gasteiger charge is 2.36. The molecule has 0 aliphatic heterocycles. The molecular formula is C22H29N3O2. The number of furan rings is 1. The number of fused-ring (bicyclic) bond motifs is 1. The van der Waals surface area contributed by atoms with Gasteiger partial charge in [-0.3, -0.25) is 10.2 Å². The van der Waals surface area contributed by atoms with Gasteiger partial charge in [-0.15, -0.1) is 0 Å². The number of carbonyl (C=O) groups is 1. The molecular weight excluding hydrogens is 338 g/mol. The van der Waals surface area contributed by atoms with Crippen molar-refractivity contribution in [2.24, 2.45) is 10.5 Å². The van der Waals surface area contributed by atoms with Crippen molar-refractivity contribution in [3.05, 3.63) is 53.0 Å². The summed E-state index contributed by atoms with van der Waals surface area (Å²) in [5.74, 6) is 1.11. The third-order valence-corrected chi connectivity index (χ3v) is 5.08. The zero-order chi connectivity index (χ0) is 19.6. The normalized spacial score (nSPS) is 18.0. The molecule has 1 aromatic carbocycles. The number of anilines is 1. The molecule has 0 saturated heterocycles. The Balaban J connectivity index is 1.96. The van der Waals surface area contributed by atoms with E-state index in [0.29, 0.717) is 5.76 Å². The molecule has 144 valence electrons. The third kappa shape index (κ3) is 4.24. The van der Waals surface area contributed by atoms with Gasteiger partial charge in [0.15, 0.2) is 5.76 Å². The average Bonchev–Trinajstić information content (AvgIpc) is 2.95. The van der Waals surface area contributed by atoms with Crippen molar-refractivity contribution in [2.75, 3.05) is 5.43 Å². The second-order valence-electron chi connectivity index (χ2n) is 8.19. The SMILES string of the molecule is CCC(C)NC(=O)c1oc2c(c1C)/C(=N\Nc1ccccc1)CC(C)(C)C2. The van der Waals surface area contributed by atoms with Gasteiger partial charge in [-0.1, -0.05) is 39.0 Å². The topological polar surface area (TPSA) is 66.6 Å². The second-order valence-corrected chi connectivity index (χ2v) is 8.19. The maximum atomic E-state index is 12.6. The second kappa shape index (κ2) is 7.59. The van der Waals surface area contributed by atoms with Crippen molar-refractivity contribution < 1.29 is 9.21 Å². The number of benzene rings is 1. The molecule has 0 fully saturated rings. The lowest BCUT2D eigenvalue weighted by atomic mass is 9.75. The molecule has 2 aromatic rings. The first kappa shape index (κ1) is 19.2. The Morgan fingerprint density at radius 1 is 1.26 bits per heavy atom. The minimum atomic E-state index is -0.149. The van der Waals surface area contributed by atoms with Gasteiger partial charge in [0.2, 0.25) is 0 Å². The van der Waals surface area contributed by atoms with Gasteiger partial charge in [-0.05, 0) is 44.2 Å². The number of nitrogens with one attached hydrogen (secondary N) is 2. The van der Waals surface area contributed by atoms with Gasteiger partial charge < -0.3 is 9.73 Å². The summed E-state index contributed by atoms with van der Waals surface area (Å²) in [7, 11) is 0.